The summed E-state index contributed by atoms with van der Waals surface area (Å²) in [6.07, 6.45) is 1.30. The quantitative estimate of drug-likeness (QED) is 0.528. The van der Waals surface area contributed by atoms with Crippen LogP contribution in [0, 0.1) is 5.92 Å². The second kappa shape index (κ2) is 7.72. The van der Waals surface area contributed by atoms with E-state index >= 15 is 0 Å². The first-order valence-electron chi connectivity index (χ1n) is 6.73. The minimum absolute atomic E-state index is 0.153. The molecule has 0 radical (unpaired) electrons. The van der Waals surface area contributed by atoms with Gasteiger partial charge in [-0.15, -0.1) is 0 Å². The molecule has 5 N–H and O–H groups in total. The fourth-order valence-electron chi connectivity index (χ4n) is 1.96. The third-order valence-electron chi connectivity index (χ3n) is 2.96. The van der Waals surface area contributed by atoms with Crippen LogP contribution >= 0.6 is 0 Å². The topological polar surface area (TPSA) is 122 Å². The minimum atomic E-state index is -1.35. The Labute approximate surface area is 119 Å². The molecule has 0 aromatic rings. The first-order valence-corrected chi connectivity index (χ1v) is 6.73. The van der Waals surface area contributed by atoms with Crippen molar-refractivity contribution in [3.05, 3.63) is 0 Å². The fraction of sp³-hybridized carbons (Fsp3) is 0.769. The summed E-state index contributed by atoms with van der Waals surface area (Å²) in [7, 11) is 0. The third kappa shape index (κ3) is 5.90. The molecule has 116 valence electrons. The molecule has 0 spiro atoms. The molecule has 0 saturated carbocycles. The van der Waals surface area contributed by atoms with E-state index in [0.29, 0.717) is 19.3 Å². The Morgan fingerprint density at radius 2 is 1.85 bits per heavy atom. The lowest BCUT2D eigenvalue weighted by Gasteiger charge is -2.29. The number of carbonyl (C=O) groups excluding carboxylic acids is 2. The number of primary amides is 1. The van der Waals surface area contributed by atoms with Gasteiger partial charge in [0.1, 0.15) is 11.6 Å². The molecule has 0 aliphatic heterocycles. The summed E-state index contributed by atoms with van der Waals surface area (Å²) in [6, 6.07) is -1.64. The van der Waals surface area contributed by atoms with Crippen molar-refractivity contribution in [3.8, 4) is 0 Å². The van der Waals surface area contributed by atoms with Crippen LogP contribution in [0.4, 0.5) is 4.79 Å². The van der Waals surface area contributed by atoms with Gasteiger partial charge in [-0.3, -0.25) is 4.79 Å². The van der Waals surface area contributed by atoms with E-state index in [0.717, 1.165) is 0 Å². The number of urea groups is 1. The molecule has 0 saturated heterocycles. The number of hydrogen-bond donors (Lipinski definition) is 4. The zero-order valence-corrected chi connectivity index (χ0v) is 12.5. The number of carboxylic acids is 1. The molecular weight excluding hydrogens is 262 g/mol. The molecule has 0 aromatic carbocycles. The van der Waals surface area contributed by atoms with Crippen LogP contribution in [0.2, 0.25) is 0 Å². The van der Waals surface area contributed by atoms with Crippen LogP contribution in [0.5, 0.6) is 0 Å². The van der Waals surface area contributed by atoms with Gasteiger partial charge in [0, 0.05) is 0 Å². The molecule has 2 atom stereocenters. The van der Waals surface area contributed by atoms with E-state index in [2.05, 4.69) is 10.6 Å². The number of nitrogens with two attached hydrogens (primary N) is 1. The van der Waals surface area contributed by atoms with Crippen molar-refractivity contribution in [2.45, 2.75) is 58.5 Å². The van der Waals surface area contributed by atoms with Gasteiger partial charge in [-0.05, 0) is 25.7 Å². The van der Waals surface area contributed by atoms with E-state index in [-0.39, 0.29) is 5.92 Å². The van der Waals surface area contributed by atoms with Crippen molar-refractivity contribution in [1.82, 2.24) is 10.6 Å². The predicted octanol–water partition coefficient (Wildman–Crippen LogP) is 0.829. The van der Waals surface area contributed by atoms with Crippen molar-refractivity contribution >= 4 is 17.9 Å². The molecule has 7 heteroatoms. The molecule has 0 heterocycles. The Bertz CT molecular complexity index is 371. The van der Waals surface area contributed by atoms with Crippen LogP contribution in [0.15, 0.2) is 0 Å². The highest BCUT2D eigenvalue weighted by atomic mass is 16.4. The van der Waals surface area contributed by atoms with Crippen LogP contribution in [-0.2, 0) is 9.59 Å². The number of aliphatic carboxylic acids is 1. The normalized spacial score (nSPS) is 15.2. The highest BCUT2D eigenvalue weighted by molar-refractivity contribution is 5.91. The van der Waals surface area contributed by atoms with Gasteiger partial charge < -0.3 is 21.5 Å². The second-order valence-corrected chi connectivity index (χ2v) is 5.57. The standard InChI is InChI=1S/C13H25N3O4/c1-5-6-13(4,11(18)19)16-10(17)9(7-8(2)3)15-12(14)20/h8-9H,5-7H2,1-4H3,(H,16,17)(H,18,19)(H3,14,15,20). The Balaban J connectivity index is 4.96. The van der Waals surface area contributed by atoms with Crippen LogP contribution < -0.4 is 16.4 Å². The average molecular weight is 287 g/mol. The molecule has 0 bridgehead atoms. The monoisotopic (exact) mass is 287 g/mol. The molecule has 3 amide bonds. The third-order valence-corrected chi connectivity index (χ3v) is 2.96. The zero-order chi connectivity index (χ0) is 15.9. The summed E-state index contributed by atoms with van der Waals surface area (Å²) < 4.78 is 0. The molecule has 2 unspecified atom stereocenters. The number of nitrogens with one attached hydrogen (secondary N) is 2. The Hall–Kier alpha value is -1.79. The Morgan fingerprint density at radius 1 is 1.30 bits per heavy atom. The summed E-state index contributed by atoms with van der Waals surface area (Å²) in [5.41, 5.74) is 3.70. The largest absolute Gasteiger partial charge is 0.480 e. The summed E-state index contributed by atoms with van der Waals surface area (Å²) in [5, 5.41) is 14.1. The number of carbonyl (C=O) groups is 3. The lowest BCUT2D eigenvalue weighted by Crippen LogP contribution is -2.58. The van der Waals surface area contributed by atoms with Gasteiger partial charge in [0.05, 0.1) is 0 Å². The van der Waals surface area contributed by atoms with Gasteiger partial charge >= 0.3 is 12.0 Å². The van der Waals surface area contributed by atoms with E-state index in [4.69, 9.17) is 5.73 Å². The van der Waals surface area contributed by atoms with E-state index in [1.54, 1.807) is 0 Å². The van der Waals surface area contributed by atoms with Gasteiger partial charge in [-0.2, -0.15) is 0 Å². The van der Waals surface area contributed by atoms with Crippen LogP contribution in [0.3, 0.4) is 0 Å². The van der Waals surface area contributed by atoms with Crippen LogP contribution in [0.1, 0.15) is 47.0 Å². The van der Waals surface area contributed by atoms with E-state index in [1.165, 1.54) is 6.92 Å². The number of carboxylic acid groups (broad SMARTS) is 1. The molecule has 0 rings (SSSR count). The highest BCUT2D eigenvalue weighted by Crippen LogP contribution is 2.14. The van der Waals surface area contributed by atoms with Gasteiger partial charge in [-0.1, -0.05) is 27.2 Å². The van der Waals surface area contributed by atoms with Crippen molar-refractivity contribution in [2.24, 2.45) is 11.7 Å². The summed E-state index contributed by atoms with van der Waals surface area (Å²) in [5.74, 6) is -1.48. The molecule has 7 nitrogen and oxygen atoms in total. The molecular formula is C13H25N3O4. The van der Waals surface area contributed by atoms with Crippen molar-refractivity contribution in [1.29, 1.82) is 0 Å². The van der Waals surface area contributed by atoms with Crippen molar-refractivity contribution in [3.63, 3.8) is 0 Å². The first kappa shape index (κ1) is 18.2. The van der Waals surface area contributed by atoms with Gasteiger partial charge in [0.2, 0.25) is 5.91 Å². The van der Waals surface area contributed by atoms with Crippen molar-refractivity contribution in [2.75, 3.05) is 0 Å². The SMILES string of the molecule is CCCC(C)(NC(=O)C(CC(C)C)NC(N)=O)C(=O)O. The lowest BCUT2D eigenvalue weighted by molar-refractivity contribution is -0.147. The van der Waals surface area contributed by atoms with Gasteiger partial charge in [-0.25, -0.2) is 9.59 Å². The van der Waals surface area contributed by atoms with Gasteiger partial charge in [0.15, 0.2) is 0 Å². The molecule has 20 heavy (non-hydrogen) atoms. The number of rotatable bonds is 8. The number of amides is 3. The summed E-state index contributed by atoms with van der Waals surface area (Å²) >= 11 is 0. The van der Waals surface area contributed by atoms with Gasteiger partial charge in [0.25, 0.3) is 0 Å². The predicted molar refractivity (Wildman–Crippen MR) is 75.1 cm³/mol. The molecule has 0 aromatic heterocycles. The highest BCUT2D eigenvalue weighted by Gasteiger charge is 2.36. The fourth-order valence-corrected chi connectivity index (χ4v) is 1.96. The maximum absolute atomic E-state index is 12.2. The molecule has 0 fully saturated rings. The van der Waals surface area contributed by atoms with E-state index in [1.807, 2.05) is 20.8 Å². The summed E-state index contributed by atoms with van der Waals surface area (Å²) in [6.45, 7) is 7.07. The van der Waals surface area contributed by atoms with Crippen LogP contribution in [-0.4, -0.2) is 34.6 Å². The minimum Gasteiger partial charge on any atom is -0.480 e. The molecule has 0 aliphatic rings. The smallest absolute Gasteiger partial charge is 0.329 e. The summed E-state index contributed by atoms with van der Waals surface area (Å²) in [4.78, 5) is 34.4. The second-order valence-electron chi connectivity index (χ2n) is 5.57. The van der Waals surface area contributed by atoms with E-state index < -0.39 is 29.5 Å². The Kier molecular flexibility index (Phi) is 7.02. The zero-order valence-electron chi connectivity index (χ0n) is 12.5. The Morgan fingerprint density at radius 3 is 2.20 bits per heavy atom. The maximum Gasteiger partial charge on any atom is 0.329 e. The van der Waals surface area contributed by atoms with Crippen LogP contribution in [0.25, 0.3) is 0 Å². The maximum atomic E-state index is 12.2. The average Bonchev–Trinajstić information content (AvgIpc) is 2.26. The van der Waals surface area contributed by atoms with Crippen molar-refractivity contribution < 1.29 is 19.5 Å². The first-order chi connectivity index (χ1) is 9.12. The lowest BCUT2D eigenvalue weighted by atomic mass is 9.94. The van der Waals surface area contributed by atoms with E-state index in [9.17, 15) is 19.5 Å². The molecule has 0 aliphatic carbocycles. The number of hydrogen-bond acceptors (Lipinski definition) is 3.